The van der Waals surface area contributed by atoms with Gasteiger partial charge in [0.05, 0.1) is 45.5 Å². The number of carbonyl (C=O) groups excluding carboxylic acids is 1. The molecular weight excluding hydrogens is 350 g/mol. The molecule has 0 unspecified atom stereocenters. The van der Waals surface area contributed by atoms with E-state index in [2.05, 4.69) is 52.0 Å². The van der Waals surface area contributed by atoms with Crippen LogP contribution >= 0.6 is 0 Å². The van der Waals surface area contributed by atoms with Gasteiger partial charge >= 0.3 is 0 Å². The molecule has 2 aliphatic rings. The first-order valence-corrected chi connectivity index (χ1v) is 10.3. The Morgan fingerprint density at radius 3 is 2.32 bits per heavy atom. The SMILES string of the molecule is Cc1ccccc1N1CC[NH+](CC(=O)N2CCN(c3cccc[nH+]3)CC2)CC1. The first kappa shape index (κ1) is 18.7. The van der Waals surface area contributed by atoms with Crippen LogP contribution in [0.5, 0.6) is 0 Å². The minimum Gasteiger partial charge on any atom is -0.360 e. The van der Waals surface area contributed by atoms with E-state index in [0.717, 1.165) is 58.2 Å². The van der Waals surface area contributed by atoms with E-state index in [1.54, 1.807) is 0 Å². The highest BCUT2D eigenvalue weighted by Gasteiger charge is 2.29. The van der Waals surface area contributed by atoms with Gasteiger partial charge in [0, 0.05) is 11.8 Å². The number of aromatic amines is 1. The summed E-state index contributed by atoms with van der Waals surface area (Å²) < 4.78 is 0. The van der Waals surface area contributed by atoms with Crippen molar-refractivity contribution in [2.75, 3.05) is 68.7 Å². The van der Waals surface area contributed by atoms with Crippen LogP contribution in [0, 0.1) is 6.92 Å². The van der Waals surface area contributed by atoms with Crippen LogP contribution in [-0.2, 0) is 4.79 Å². The van der Waals surface area contributed by atoms with E-state index in [9.17, 15) is 4.79 Å². The first-order valence-electron chi connectivity index (χ1n) is 10.3. The maximum atomic E-state index is 12.8. The van der Waals surface area contributed by atoms with Crippen molar-refractivity contribution in [3.8, 4) is 0 Å². The monoisotopic (exact) mass is 381 g/mol. The van der Waals surface area contributed by atoms with Gasteiger partial charge in [-0.1, -0.05) is 24.3 Å². The molecule has 0 radical (unpaired) electrons. The molecule has 1 amide bonds. The molecule has 0 aliphatic carbocycles. The Labute approximate surface area is 167 Å². The van der Waals surface area contributed by atoms with Gasteiger partial charge in [-0.05, 0) is 24.6 Å². The normalized spacial score (nSPS) is 18.4. The number of pyridine rings is 1. The van der Waals surface area contributed by atoms with Crippen LogP contribution in [-0.4, -0.2) is 69.7 Å². The molecule has 2 N–H and O–H groups in total. The lowest BCUT2D eigenvalue weighted by atomic mass is 10.1. The maximum absolute atomic E-state index is 12.8. The zero-order valence-corrected chi connectivity index (χ0v) is 16.7. The van der Waals surface area contributed by atoms with E-state index < -0.39 is 0 Å². The van der Waals surface area contributed by atoms with Crippen molar-refractivity contribution >= 4 is 17.4 Å². The number of carbonyl (C=O) groups is 1. The summed E-state index contributed by atoms with van der Waals surface area (Å²) in [5.74, 6) is 1.43. The van der Waals surface area contributed by atoms with Crippen molar-refractivity contribution in [2.45, 2.75) is 6.92 Å². The van der Waals surface area contributed by atoms with Crippen molar-refractivity contribution in [3.63, 3.8) is 0 Å². The number of nitrogens with zero attached hydrogens (tertiary/aromatic N) is 3. The van der Waals surface area contributed by atoms with Gasteiger partial charge in [-0.2, -0.15) is 0 Å². The van der Waals surface area contributed by atoms with Crippen molar-refractivity contribution < 1.29 is 14.7 Å². The largest absolute Gasteiger partial charge is 0.360 e. The predicted molar refractivity (Wildman–Crippen MR) is 111 cm³/mol. The number of piperazine rings is 2. The van der Waals surface area contributed by atoms with E-state index >= 15 is 0 Å². The number of para-hydroxylation sites is 1. The fraction of sp³-hybridized carbons (Fsp3) is 0.455. The number of nitrogens with one attached hydrogen (secondary N) is 2. The van der Waals surface area contributed by atoms with Crippen LogP contribution in [0.4, 0.5) is 11.5 Å². The summed E-state index contributed by atoms with van der Waals surface area (Å²) in [5.41, 5.74) is 2.66. The maximum Gasteiger partial charge on any atom is 0.278 e. The minimum atomic E-state index is 0.302. The topological polar surface area (TPSA) is 45.4 Å². The van der Waals surface area contributed by atoms with E-state index in [4.69, 9.17) is 0 Å². The molecule has 2 aromatic rings. The first-order chi connectivity index (χ1) is 13.7. The number of benzene rings is 1. The molecule has 2 aliphatic heterocycles. The summed E-state index contributed by atoms with van der Waals surface area (Å²) in [4.78, 5) is 24.3. The highest BCUT2D eigenvalue weighted by Crippen LogP contribution is 2.18. The Morgan fingerprint density at radius 2 is 1.64 bits per heavy atom. The van der Waals surface area contributed by atoms with Crippen LogP contribution in [0.25, 0.3) is 0 Å². The molecule has 0 spiro atoms. The Balaban J connectivity index is 1.24. The number of aromatic nitrogens is 1. The highest BCUT2D eigenvalue weighted by molar-refractivity contribution is 5.77. The molecule has 0 atom stereocenters. The molecule has 1 aromatic heterocycles. The third kappa shape index (κ3) is 4.28. The quantitative estimate of drug-likeness (QED) is 0.802. The number of quaternary nitrogens is 1. The van der Waals surface area contributed by atoms with E-state index in [1.165, 1.54) is 16.2 Å². The lowest BCUT2D eigenvalue weighted by Gasteiger charge is -2.36. The molecular formula is C22H31N5O+2. The third-order valence-corrected chi connectivity index (χ3v) is 5.99. The Bertz CT molecular complexity index is 781. The number of hydrogen-bond acceptors (Lipinski definition) is 3. The van der Waals surface area contributed by atoms with E-state index in [-0.39, 0.29) is 0 Å². The summed E-state index contributed by atoms with van der Waals surface area (Å²) in [6.45, 7) is 10.3. The number of amides is 1. The average Bonchev–Trinajstić information content (AvgIpc) is 2.75. The van der Waals surface area contributed by atoms with Gasteiger partial charge in [-0.3, -0.25) is 9.69 Å². The fourth-order valence-corrected chi connectivity index (χ4v) is 4.26. The van der Waals surface area contributed by atoms with E-state index in [0.29, 0.717) is 12.5 Å². The van der Waals surface area contributed by atoms with Crippen molar-refractivity contribution in [3.05, 3.63) is 54.2 Å². The fourth-order valence-electron chi connectivity index (χ4n) is 4.26. The number of anilines is 2. The molecule has 28 heavy (non-hydrogen) atoms. The standard InChI is InChI=1S/C22H29N5O/c1-19-6-2-3-7-20(19)25-12-10-24(11-13-25)18-22(28)27-16-14-26(15-17-27)21-8-4-5-9-23-21/h2-9H,10-18H2,1H3/p+2. The number of hydrogen-bond donors (Lipinski definition) is 1. The molecule has 1 aromatic carbocycles. The lowest BCUT2D eigenvalue weighted by molar-refractivity contribution is -0.892. The van der Waals surface area contributed by atoms with Crippen LogP contribution in [0.1, 0.15) is 5.56 Å². The third-order valence-electron chi connectivity index (χ3n) is 5.99. The molecule has 2 saturated heterocycles. The Kier molecular flexibility index (Phi) is 5.76. The van der Waals surface area contributed by atoms with Gasteiger partial charge in [-0.25, -0.2) is 4.98 Å². The van der Waals surface area contributed by atoms with Gasteiger partial charge in [0.1, 0.15) is 13.1 Å². The number of H-pyrrole nitrogens is 1. The summed E-state index contributed by atoms with van der Waals surface area (Å²) in [7, 11) is 0. The summed E-state index contributed by atoms with van der Waals surface area (Å²) >= 11 is 0. The second-order valence-corrected chi connectivity index (χ2v) is 7.82. The Hall–Kier alpha value is -2.60. The Morgan fingerprint density at radius 1 is 0.929 bits per heavy atom. The van der Waals surface area contributed by atoms with Crippen LogP contribution in [0.3, 0.4) is 0 Å². The summed E-state index contributed by atoms with van der Waals surface area (Å²) in [5, 5.41) is 0. The molecule has 0 bridgehead atoms. The zero-order valence-electron chi connectivity index (χ0n) is 16.7. The summed E-state index contributed by atoms with van der Waals surface area (Å²) in [6.07, 6.45) is 1.95. The van der Waals surface area contributed by atoms with Gasteiger partial charge in [-0.15, -0.1) is 0 Å². The molecule has 2 fully saturated rings. The molecule has 4 rings (SSSR count). The highest BCUT2D eigenvalue weighted by atomic mass is 16.2. The predicted octanol–water partition coefficient (Wildman–Crippen LogP) is -0.137. The van der Waals surface area contributed by atoms with Crippen molar-refractivity contribution in [2.24, 2.45) is 0 Å². The van der Waals surface area contributed by atoms with Crippen molar-refractivity contribution in [1.82, 2.24) is 4.90 Å². The summed E-state index contributed by atoms with van der Waals surface area (Å²) in [6, 6.07) is 14.7. The number of aryl methyl sites for hydroxylation is 1. The molecule has 148 valence electrons. The molecule has 6 nitrogen and oxygen atoms in total. The molecule has 6 heteroatoms. The van der Waals surface area contributed by atoms with E-state index in [1.807, 2.05) is 23.2 Å². The van der Waals surface area contributed by atoms with Crippen LogP contribution in [0.15, 0.2) is 48.7 Å². The minimum absolute atomic E-state index is 0.302. The second-order valence-electron chi connectivity index (χ2n) is 7.82. The average molecular weight is 382 g/mol. The lowest BCUT2D eigenvalue weighted by Crippen LogP contribution is -3.16. The van der Waals surface area contributed by atoms with Crippen molar-refractivity contribution in [1.29, 1.82) is 0 Å². The zero-order chi connectivity index (χ0) is 19.3. The number of rotatable bonds is 4. The van der Waals surface area contributed by atoms with Crippen LogP contribution in [0.2, 0.25) is 0 Å². The second kappa shape index (κ2) is 8.61. The smallest absolute Gasteiger partial charge is 0.278 e. The molecule has 3 heterocycles. The van der Waals surface area contributed by atoms with Gasteiger partial charge < -0.3 is 14.7 Å². The van der Waals surface area contributed by atoms with Gasteiger partial charge in [0.25, 0.3) is 11.7 Å². The van der Waals surface area contributed by atoms with Gasteiger partial charge in [0.15, 0.2) is 6.54 Å². The van der Waals surface area contributed by atoms with Gasteiger partial charge in [0.2, 0.25) is 0 Å². The molecule has 0 saturated carbocycles. The van der Waals surface area contributed by atoms with Crippen LogP contribution < -0.4 is 19.7 Å².